The molecule has 1 saturated heterocycles. The molecule has 5 aliphatic carbocycles. The molecule has 0 aromatic rings. The van der Waals surface area contributed by atoms with Gasteiger partial charge in [-0.1, -0.05) is 53.2 Å². The average molecular weight is 595 g/mol. The number of ether oxygens (including phenoxy) is 1. The minimum Gasteiger partial charge on any atom is -0.469 e. The van der Waals surface area contributed by atoms with Crippen LogP contribution in [0.1, 0.15) is 112 Å². The van der Waals surface area contributed by atoms with Gasteiger partial charge in [-0.25, -0.2) is 0 Å². The molecule has 0 aromatic carbocycles. The third-order valence-electron chi connectivity index (χ3n) is 14.9. The number of rotatable bonds is 5. The van der Waals surface area contributed by atoms with Crippen molar-refractivity contribution in [2.45, 2.75) is 112 Å². The average Bonchev–Trinajstić information content (AvgIpc) is 3.48. The van der Waals surface area contributed by atoms with Crippen LogP contribution in [0, 0.1) is 56.7 Å². The molecule has 0 bridgehead atoms. The maximum absolute atomic E-state index is 14.0. The molecule has 0 radical (unpaired) electrons. The molecule has 6 heteroatoms. The number of allylic oxidation sites excluding steroid dienone is 2. The number of carbonyl (C=O) groups is 3. The van der Waals surface area contributed by atoms with Crippen LogP contribution in [0.4, 0.5) is 0 Å². The Morgan fingerprint density at radius 3 is 2.42 bits per heavy atom. The van der Waals surface area contributed by atoms with Gasteiger partial charge in [0.05, 0.1) is 18.4 Å². The van der Waals surface area contributed by atoms with Gasteiger partial charge in [-0.05, 0) is 124 Å². The summed E-state index contributed by atoms with van der Waals surface area (Å²) in [7, 11) is 1.57. The lowest BCUT2D eigenvalue weighted by Gasteiger charge is -2.70. The standard InChI is InChI=1S/C37H58N2O4/c1-24-12-15-37(32(42)43-7)17-16-35(5)26(27(37)22-24)10-11-29-34(4)23-25(31(41)38-18-21-39-19-8-9-20-39)30(40)33(2,3)28(34)13-14-36(29,35)6/h10,24-25,27-29H,8-9,11-23H2,1-7H3,(H,38,41)/t24?,25?,27?,28?,29?,34?,35-,36-,37?/m1/s1. The lowest BCUT2D eigenvalue weighted by Crippen LogP contribution is -2.66. The van der Waals surface area contributed by atoms with Gasteiger partial charge >= 0.3 is 5.97 Å². The van der Waals surface area contributed by atoms with Crippen molar-refractivity contribution in [1.82, 2.24) is 10.2 Å². The molecule has 6 nitrogen and oxygen atoms in total. The summed E-state index contributed by atoms with van der Waals surface area (Å²) in [5.41, 5.74) is 0.568. The van der Waals surface area contributed by atoms with Crippen molar-refractivity contribution in [3.05, 3.63) is 11.6 Å². The first-order valence-electron chi connectivity index (χ1n) is 17.6. The van der Waals surface area contributed by atoms with Crippen molar-refractivity contribution in [2.75, 3.05) is 33.3 Å². The molecule has 1 N–H and O–H groups in total. The maximum Gasteiger partial charge on any atom is 0.312 e. The number of fused-ring (bicyclic) bond motifs is 7. The Hall–Kier alpha value is -1.69. The number of carbonyl (C=O) groups excluding carboxylic acids is 3. The lowest BCUT2D eigenvalue weighted by molar-refractivity contribution is -0.195. The number of Topliss-reactive ketones (excluding diaryl/α,β-unsaturated/α-hetero) is 1. The van der Waals surface area contributed by atoms with Crippen molar-refractivity contribution in [2.24, 2.45) is 56.7 Å². The van der Waals surface area contributed by atoms with Gasteiger partial charge in [0.15, 0.2) is 5.78 Å². The Morgan fingerprint density at radius 1 is 1.00 bits per heavy atom. The Bertz CT molecular complexity index is 1190. The van der Waals surface area contributed by atoms with Gasteiger partial charge in [-0.15, -0.1) is 0 Å². The molecule has 7 unspecified atom stereocenters. The summed E-state index contributed by atoms with van der Waals surface area (Å²) >= 11 is 0. The summed E-state index contributed by atoms with van der Waals surface area (Å²) in [5, 5.41) is 3.19. The highest BCUT2D eigenvalue weighted by molar-refractivity contribution is 6.04. The SMILES string of the molecule is COC(=O)C12CCC(C)CC1C1=CCC3C4(C)CC(C(=O)NCCN5CCCC5)C(=O)C(C)(C)C4CC[C@@]3(C)[C@]1(C)CC2. The summed E-state index contributed by atoms with van der Waals surface area (Å²) < 4.78 is 5.50. The number of ketones is 1. The van der Waals surface area contributed by atoms with Crippen molar-refractivity contribution >= 4 is 17.7 Å². The maximum atomic E-state index is 14.0. The van der Waals surface area contributed by atoms with Gasteiger partial charge in [0.2, 0.25) is 5.91 Å². The van der Waals surface area contributed by atoms with Gasteiger partial charge in [0, 0.05) is 18.5 Å². The Kier molecular flexibility index (Phi) is 7.79. The minimum atomic E-state index is -0.576. The van der Waals surface area contributed by atoms with E-state index in [9.17, 15) is 14.4 Å². The predicted molar refractivity (Wildman–Crippen MR) is 169 cm³/mol. The smallest absolute Gasteiger partial charge is 0.312 e. The normalized spacial score (nSPS) is 45.6. The monoisotopic (exact) mass is 594 g/mol. The second-order valence-corrected chi connectivity index (χ2v) is 17.1. The van der Waals surface area contributed by atoms with Gasteiger partial charge in [-0.3, -0.25) is 14.4 Å². The zero-order chi connectivity index (χ0) is 31.0. The molecule has 9 atom stereocenters. The molecular formula is C37H58N2O4. The molecule has 5 fully saturated rings. The van der Waals surface area contributed by atoms with Crippen LogP contribution < -0.4 is 5.32 Å². The summed E-state index contributed by atoms with van der Waals surface area (Å²) in [5.74, 6) is 1.04. The first-order chi connectivity index (χ1) is 20.2. The first-order valence-corrected chi connectivity index (χ1v) is 17.6. The molecule has 43 heavy (non-hydrogen) atoms. The van der Waals surface area contributed by atoms with Crippen molar-refractivity contribution in [3.8, 4) is 0 Å². The van der Waals surface area contributed by atoms with E-state index in [-0.39, 0.29) is 51.2 Å². The van der Waals surface area contributed by atoms with E-state index in [1.807, 2.05) is 0 Å². The number of hydrogen-bond donors (Lipinski definition) is 1. The second-order valence-electron chi connectivity index (χ2n) is 17.1. The summed E-state index contributed by atoms with van der Waals surface area (Å²) in [4.78, 5) is 43.6. The van der Waals surface area contributed by atoms with Crippen LogP contribution >= 0.6 is 0 Å². The van der Waals surface area contributed by atoms with Crippen molar-refractivity contribution in [3.63, 3.8) is 0 Å². The molecule has 240 valence electrons. The fourth-order valence-electron chi connectivity index (χ4n) is 12.3. The Morgan fingerprint density at radius 2 is 1.72 bits per heavy atom. The van der Waals surface area contributed by atoms with E-state index in [0.29, 0.717) is 24.8 Å². The number of nitrogens with one attached hydrogen (secondary N) is 1. The van der Waals surface area contributed by atoms with Crippen LogP contribution in [0.25, 0.3) is 0 Å². The summed E-state index contributed by atoms with van der Waals surface area (Å²) in [6.07, 6.45) is 13.8. The minimum absolute atomic E-state index is 0.00132. The van der Waals surface area contributed by atoms with E-state index in [4.69, 9.17) is 4.74 Å². The van der Waals surface area contributed by atoms with E-state index in [2.05, 4.69) is 57.8 Å². The summed E-state index contributed by atoms with van der Waals surface area (Å²) in [6.45, 7) is 17.8. The van der Waals surface area contributed by atoms with Gasteiger partial charge in [0.1, 0.15) is 0 Å². The largest absolute Gasteiger partial charge is 0.469 e. The highest BCUT2D eigenvalue weighted by Gasteiger charge is 2.70. The van der Waals surface area contributed by atoms with E-state index in [0.717, 1.165) is 71.0 Å². The van der Waals surface area contributed by atoms with Crippen LogP contribution in [0.15, 0.2) is 11.6 Å². The third-order valence-corrected chi connectivity index (χ3v) is 14.9. The molecule has 6 aliphatic rings. The van der Waals surface area contributed by atoms with Gasteiger partial charge < -0.3 is 15.0 Å². The number of hydrogen-bond acceptors (Lipinski definition) is 5. The van der Waals surface area contributed by atoms with Crippen LogP contribution in [-0.2, 0) is 19.1 Å². The lowest BCUT2D eigenvalue weighted by atomic mass is 9.33. The van der Waals surface area contributed by atoms with Crippen molar-refractivity contribution < 1.29 is 19.1 Å². The fourth-order valence-corrected chi connectivity index (χ4v) is 12.3. The highest BCUT2D eigenvalue weighted by atomic mass is 16.5. The van der Waals surface area contributed by atoms with Crippen LogP contribution in [0.2, 0.25) is 0 Å². The topological polar surface area (TPSA) is 75.7 Å². The van der Waals surface area contributed by atoms with Crippen LogP contribution in [-0.4, -0.2) is 55.8 Å². The third kappa shape index (κ3) is 4.45. The van der Waals surface area contributed by atoms with E-state index in [1.54, 1.807) is 7.11 Å². The summed E-state index contributed by atoms with van der Waals surface area (Å²) in [6, 6.07) is 0. The van der Waals surface area contributed by atoms with E-state index < -0.39 is 11.3 Å². The zero-order valence-corrected chi connectivity index (χ0v) is 28.2. The quantitative estimate of drug-likeness (QED) is 0.221. The fraction of sp³-hybridized carbons (Fsp3) is 0.865. The number of nitrogens with zero attached hydrogens (tertiary/aromatic N) is 1. The Labute approximate surface area is 260 Å². The van der Waals surface area contributed by atoms with E-state index >= 15 is 0 Å². The van der Waals surface area contributed by atoms with Crippen LogP contribution in [0.5, 0.6) is 0 Å². The van der Waals surface area contributed by atoms with Gasteiger partial charge in [0.25, 0.3) is 0 Å². The number of likely N-dealkylation sites (tertiary alicyclic amines) is 1. The number of methoxy groups -OCH3 is 1. The molecule has 1 aliphatic heterocycles. The van der Waals surface area contributed by atoms with Gasteiger partial charge in [-0.2, -0.15) is 0 Å². The van der Waals surface area contributed by atoms with Crippen molar-refractivity contribution in [1.29, 1.82) is 0 Å². The predicted octanol–water partition coefficient (Wildman–Crippen LogP) is 6.58. The molecule has 4 saturated carbocycles. The highest BCUT2D eigenvalue weighted by Crippen LogP contribution is 2.75. The second kappa shape index (κ2) is 10.7. The number of amides is 1. The molecule has 6 rings (SSSR count). The number of esters is 1. The van der Waals surface area contributed by atoms with Crippen LogP contribution in [0.3, 0.4) is 0 Å². The molecule has 1 heterocycles. The van der Waals surface area contributed by atoms with E-state index in [1.165, 1.54) is 18.4 Å². The first kappa shape index (κ1) is 31.3. The zero-order valence-electron chi connectivity index (χ0n) is 28.2. The molecule has 0 spiro atoms. The Balaban J connectivity index is 1.32. The molecule has 0 aromatic heterocycles. The molecule has 1 amide bonds. The molecular weight excluding hydrogens is 536 g/mol.